The van der Waals surface area contributed by atoms with Gasteiger partial charge in [0, 0.05) is 0 Å². The Morgan fingerprint density at radius 3 is 2.10 bits per heavy atom. The van der Waals surface area contributed by atoms with Crippen LogP contribution >= 0.6 is 23.2 Å². The summed E-state index contributed by atoms with van der Waals surface area (Å²) in [6.45, 7) is 0. The van der Waals surface area contributed by atoms with Gasteiger partial charge in [-0.2, -0.15) is 13.5 Å². The smallest absolute Gasteiger partial charge is 0.294 e. The van der Waals surface area contributed by atoms with Crippen molar-refractivity contribution in [2.45, 2.75) is 4.90 Å². The van der Waals surface area contributed by atoms with Crippen molar-refractivity contribution in [3.05, 3.63) is 46.4 Å². The second kappa shape index (κ2) is 5.98. The molecule has 0 aliphatic heterocycles. The van der Waals surface area contributed by atoms with Gasteiger partial charge in [-0.05, 0) is 36.4 Å². The van der Waals surface area contributed by atoms with E-state index in [0.717, 1.165) is 0 Å². The predicted octanol–water partition coefficient (Wildman–Crippen LogP) is 4.36. The summed E-state index contributed by atoms with van der Waals surface area (Å²) in [6.07, 6.45) is 0. The zero-order valence-corrected chi connectivity index (χ0v) is 12.6. The molecule has 2 aromatic rings. The number of aromatic hydroxyl groups is 1. The maximum absolute atomic E-state index is 10.9. The number of nitrogens with zero attached hydrogens (tertiary/aromatic N) is 2. The highest BCUT2D eigenvalue weighted by Crippen LogP contribution is 2.38. The summed E-state index contributed by atoms with van der Waals surface area (Å²) >= 11 is 11.6. The van der Waals surface area contributed by atoms with E-state index in [1.807, 2.05) is 0 Å². The van der Waals surface area contributed by atoms with Crippen LogP contribution in [0.5, 0.6) is 5.75 Å². The number of phenolic OH excluding ortho intramolecular Hbond substituents is 1. The lowest BCUT2D eigenvalue weighted by Crippen LogP contribution is -1.96. The maximum Gasteiger partial charge on any atom is 0.294 e. The van der Waals surface area contributed by atoms with Gasteiger partial charge in [-0.1, -0.05) is 23.2 Å². The van der Waals surface area contributed by atoms with Gasteiger partial charge < -0.3 is 5.11 Å². The summed E-state index contributed by atoms with van der Waals surface area (Å²) in [7, 11) is -4.24. The van der Waals surface area contributed by atoms with Crippen molar-refractivity contribution in [3.8, 4) is 5.75 Å². The molecule has 0 unspecified atom stereocenters. The summed E-state index contributed by atoms with van der Waals surface area (Å²) in [6, 6.07) is 7.86. The van der Waals surface area contributed by atoms with Crippen molar-refractivity contribution in [1.82, 2.24) is 0 Å². The van der Waals surface area contributed by atoms with Gasteiger partial charge in [0.05, 0.1) is 15.6 Å². The highest BCUT2D eigenvalue weighted by molar-refractivity contribution is 7.85. The molecule has 2 aromatic carbocycles. The van der Waals surface area contributed by atoms with Gasteiger partial charge >= 0.3 is 0 Å². The van der Waals surface area contributed by atoms with E-state index >= 15 is 0 Å². The largest absolute Gasteiger partial charge is 0.506 e. The number of rotatable bonds is 3. The molecule has 0 aromatic heterocycles. The molecule has 0 aliphatic carbocycles. The molecule has 2 rings (SSSR count). The van der Waals surface area contributed by atoms with Gasteiger partial charge in [-0.3, -0.25) is 4.55 Å². The van der Waals surface area contributed by atoms with E-state index in [1.165, 1.54) is 36.4 Å². The molecule has 9 heteroatoms. The van der Waals surface area contributed by atoms with Crippen LogP contribution in [0.25, 0.3) is 0 Å². The number of azo groups is 1. The van der Waals surface area contributed by atoms with Crippen LogP contribution in [-0.4, -0.2) is 18.1 Å². The molecule has 0 saturated carbocycles. The Kier molecular flexibility index (Phi) is 4.48. The second-order valence-corrected chi connectivity index (χ2v) is 6.08. The molecule has 0 amide bonds. The summed E-state index contributed by atoms with van der Waals surface area (Å²) in [4.78, 5) is -0.243. The maximum atomic E-state index is 10.9. The Bertz CT molecular complexity index is 805. The van der Waals surface area contributed by atoms with Crippen molar-refractivity contribution in [1.29, 1.82) is 0 Å². The zero-order valence-electron chi connectivity index (χ0n) is 10.2. The van der Waals surface area contributed by atoms with E-state index in [-0.39, 0.29) is 26.4 Å². The molecule has 0 atom stereocenters. The molecule has 110 valence electrons. The van der Waals surface area contributed by atoms with Crippen LogP contribution in [0, 0.1) is 0 Å². The lowest BCUT2D eigenvalue weighted by Gasteiger charge is -2.01. The average Bonchev–Trinajstić information content (AvgIpc) is 2.43. The molecular weight excluding hydrogens is 339 g/mol. The summed E-state index contributed by atoms with van der Waals surface area (Å²) in [5.74, 6) is -0.168. The SMILES string of the molecule is O=S(=O)(O)c1ccc(N=Nc2ccc(O)c(Cl)c2Cl)cc1. The minimum atomic E-state index is -4.24. The minimum absolute atomic E-state index is 0.0326. The van der Waals surface area contributed by atoms with E-state index < -0.39 is 10.1 Å². The van der Waals surface area contributed by atoms with Crippen molar-refractivity contribution in [2.24, 2.45) is 10.2 Å². The Morgan fingerprint density at radius 2 is 1.52 bits per heavy atom. The fraction of sp³-hybridized carbons (Fsp3) is 0. The zero-order chi connectivity index (χ0) is 15.6. The number of hydrogen-bond donors (Lipinski definition) is 2. The standard InChI is InChI=1S/C12H8Cl2N2O4S/c13-11-9(5-6-10(17)12(11)14)16-15-7-1-3-8(4-2-7)21(18,19)20/h1-6,17H,(H,18,19,20). The van der Waals surface area contributed by atoms with Crippen LogP contribution in [0.15, 0.2) is 51.5 Å². The summed E-state index contributed by atoms with van der Waals surface area (Å²) in [5, 5.41) is 17.1. The first kappa shape index (κ1) is 15.7. The normalized spacial score (nSPS) is 12.0. The van der Waals surface area contributed by atoms with E-state index in [1.54, 1.807) is 0 Å². The van der Waals surface area contributed by atoms with Gasteiger partial charge in [0.15, 0.2) is 0 Å². The van der Waals surface area contributed by atoms with E-state index in [2.05, 4.69) is 10.2 Å². The Labute approximate surface area is 130 Å². The molecule has 0 aliphatic rings. The molecule has 0 spiro atoms. The molecular formula is C12H8Cl2N2O4S. The van der Waals surface area contributed by atoms with E-state index in [4.69, 9.17) is 27.8 Å². The molecule has 0 radical (unpaired) electrons. The van der Waals surface area contributed by atoms with Gasteiger partial charge in [0.25, 0.3) is 10.1 Å². The predicted molar refractivity (Wildman–Crippen MR) is 78.6 cm³/mol. The third kappa shape index (κ3) is 3.70. The van der Waals surface area contributed by atoms with E-state index in [9.17, 15) is 13.5 Å². The number of halogens is 2. The highest BCUT2D eigenvalue weighted by Gasteiger charge is 2.10. The Morgan fingerprint density at radius 1 is 0.905 bits per heavy atom. The first-order valence-corrected chi connectivity index (χ1v) is 7.65. The van der Waals surface area contributed by atoms with Crippen LogP contribution in [-0.2, 0) is 10.1 Å². The van der Waals surface area contributed by atoms with Crippen LogP contribution in [0.3, 0.4) is 0 Å². The van der Waals surface area contributed by atoms with Crippen LogP contribution in [0.4, 0.5) is 11.4 Å². The summed E-state index contributed by atoms with van der Waals surface area (Å²) < 4.78 is 30.6. The van der Waals surface area contributed by atoms with Crippen molar-refractivity contribution >= 4 is 44.7 Å². The molecule has 0 heterocycles. The lowest BCUT2D eigenvalue weighted by atomic mass is 10.3. The topological polar surface area (TPSA) is 99.3 Å². The molecule has 0 bridgehead atoms. The fourth-order valence-electron chi connectivity index (χ4n) is 1.40. The monoisotopic (exact) mass is 346 g/mol. The number of benzene rings is 2. The lowest BCUT2D eigenvalue weighted by molar-refractivity contribution is 0.475. The third-order valence-electron chi connectivity index (χ3n) is 2.45. The van der Waals surface area contributed by atoms with E-state index in [0.29, 0.717) is 5.69 Å². The first-order valence-electron chi connectivity index (χ1n) is 5.45. The highest BCUT2D eigenvalue weighted by atomic mass is 35.5. The minimum Gasteiger partial charge on any atom is -0.506 e. The molecule has 0 saturated heterocycles. The van der Waals surface area contributed by atoms with Crippen LogP contribution in [0.2, 0.25) is 10.0 Å². The fourth-order valence-corrected chi connectivity index (χ4v) is 2.24. The van der Waals surface area contributed by atoms with Crippen molar-refractivity contribution in [3.63, 3.8) is 0 Å². The van der Waals surface area contributed by atoms with Crippen molar-refractivity contribution in [2.75, 3.05) is 0 Å². The number of hydrogen-bond acceptors (Lipinski definition) is 5. The first-order chi connectivity index (χ1) is 9.79. The van der Waals surface area contributed by atoms with Gasteiger partial charge in [-0.15, -0.1) is 5.11 Å². The van der Waals surface area contributed by atoms with Gasteiger partial charge in [0.2, 0.25) is 0 Å². The Balaban J connectivity index is 2.28. The van der Waals surface area contributed by atoms with Crippen LogP contribution < -0.4 is 0 Å². The molecule has 2 N–H and O–H groups in total. The third-order valence-corrected chi connectivity index (χ3v) is 4.18. The quantitative estimate of drug-likeness (QED) is 0.636. The van der Waals surface area contributed by atoms with Crippen LogP contribution in [0.1, 0.15) is 0 Å². The van der Waals surface area contributed by atoms with Crippen molar-refractivity contribution < 1.29 is 18.1 Å². The Hall–Kier alpha value is -1.67. The average molecular weight is 347 g/mol. The number of phenols is 1. The molecule has 0 fully saturated rings. The molecule has 21 heavy (non-hydrogen) atoms. The summed E-state index contributed by atoms with van der Waals surface area (Å²) in [5.41, 5.74) is 0.598. The second-order valence-electron chi connectivity index (χ2n) is 3.90. The van der Waals surface area contributed by atoms with Gasteiger partial charge in [-0.25, -0.2) is 0 Å². The van der Waals surface area contributed by atoms with Gasteiger partial charge in [0.1, 0.15) is 16.5 Å². The molecule has 6 nitrogen and oxygen atoms in total.